The molecule has 0 saturated carbocycles. The fourth-order valence-corrected chi connectivity index (χ4v) is 4.71. The number of carbonyl (C=O) groups excluding carboxylic acids is 1. The summed E-state index contributed by atoms with van der Waals surface area (Å²) in [6.45, 7) is 1.97. The fourth-order valence-electron chi connectivity index (χ4n) is 2.26. The number of thioether (sulfide) groups is 1. The highest BCUT2D eigenvalue weighted by Crippen LogP contribution is 2.27. The lowest BCUT2D eigenvalue weighted by Crippen LogP contribution is -2.57. The van der Waals surface area contributed by atoms with Crippen molar-refractivity contribution in [2.45, 2.75) is 44.6 Å². The molecule has 1 heterocycles. The number of sulfone groups is 1. The number of aliphatic carboxylic acids is 1. The fraction of sp³-hybridized carbons (Fsp3) is 0.846. The Balaban J connectivity index is 2.60. The number of carboxylic acids is 1. The third kappa shape index (κ3) is 5.86. The van der Waals surface area contributed by atoms with Gasteiger partial charge in [-0.3, -0.25) is 4.79 Å². The number of amides is 1. The van der Waals surface area contributed by atoms with Gasteiger partial charge < -0.3 is 10.4 Å². The van der Waals surface area contributed by atoms with Crippen LogP contribution in [0.1, 0.15) is 39.0 Å². The third-order valence-electron chi connectivity index (χ3n) is 3.54. The van der Waals surface area contributed by atoms with Crippen LogP contribution in [0.5, 0.6) is 0 Å². The summed E-state index contributed by atoms with van der Waals surface area (Å²) >= 11 is 1.64. The second-order valence-corrected chi connectivity index (χ2v) is 8.76. The van der Waals surface area contributed by atoms with Crippen LogP contribution in [-0.2, 0) is 19.4 Å². The van der Waals surface area contributed by atoms with E-state index in [9.17, 15) is 23.1 Å². The maximum atomic E-state index is 11.9. The van der Waals surface area contributed by atoms with Gasteiger partial charge in [0.1, 0.15) is 11.3 Å². The third-order valence-corrected chi connectivity index (χ3v) is 6.14. The summed E-state index contributed by atoms with van der Waals surface area (Å²) in [5, 5.41) is 11.8. The van der Waals surface area contributed by atoms with Crippen molar-refractivity contribution in [3.63, 3.8) is 0 Å². The number of hydrogen-bond donors (Lipinski definition) is 2. The Labute approximate surface area is 130 Å². The molecule has 8 heteroatoms. The summed E-state index contributed by atoms with van der Waals surface area (Å²) in [7, 11) is -3.47. The van der Waals surface area contributed by atoms with E-state index < -0.39 is 33.0 Å². The molecule has 1 rings (SSSR count). The number of unbranched alkanes of at least 4 members (excludes halogenated alkanes) is 2. The summed E-state index contributed by atoms with van der Waals surface area (Å²) in [5.74, 6) is -1.14. The molecule has 1 aliphatic heterocycles. The molecule has 1 amide bonds. The molecule has 122 valence electrons. The van der Waals surface area contributed by atoms with Gasteiger partial charge in [-0.2, -0.15) is 11.8 Å². The summed E-state index contributed by atoms with van der Waals surface area (Å²) < 4.78 is 23.6. The summed E-state index contributed by atoms with van der Waals surface area (Å²) in [6, 6.07) is 0. The quantitative estimate of drug-likeness (QED) is 0.642. The van der Waals surface area contributed by atoms with E-state index in [1.54, 1.807) is 11.8 Å². The summed E-state index contributed by atoms with van der Waals surface area (Å²) in [6.07, 6.45) is 2.90. The molecule has 1 saturated heterocycles. The Morgan fingerprint density at radius 3 is 2.38 bits per heavy atom. The van der Waals surface area contributed by atoms with Gasteiger partial charge in [-0.05, 0) is 30.8 Å². The van der Waals surface area contributed by atoms with Crippen LogP contribution in [0.25, 0.3) is 0 Å². The lowest BCUT2D eigenvalue weighted by molar-refractivity contribution is -0.147. The molecular formula is C13H23NO5S2. The van der Waals surface area contributed by atoms with Gasteiger partial charge in [0.2, 0.25) is 5.91 Å². The molecule has 0 spiro atoms. The number of carboxylic acid groups (broad SMARTS) is 1. The molecule has 1 fully saturated rings. The Hall–Kier alpha value is -0.760. The molecule has 6 nitrogen and oxygen atoms in total. The zero-order chi connectivity index (χ0) is 15.9. The first-order valence-corrected chi connectivity index (χ1v) is 10.1. The summed E-state index contributed by atoms with van der Waals surface area (Å²) in [4.78, 5) is 23.3. The minimum atomic E-state index is -3.47. The number of rotatable bonds is 8. The second kappa shape index (κ2) is 8.03. The predicted molar refractivity (Wildman–Crippen MR) is 83.2 cm³/mol. The summed E-state index contributed by atoms with van der Waals surface area (Å²) in [5.41, 5.74) is -1.30. The molecule has 1 aliphatic rings. The molecule has 0 aromatic rings. The lowest BCUT2D eigenvalue weighted by atomic mass is 9.92. The largest absolute Gasteiger partial charge is 0.480 e. The van der Waals surface area contributed by atoms with E-state index in [-0.39, 0.29) is 5.75 Å². The van der Waals surface area contributed by atoms with E-state index in [1.807, 2.05) is 6.92 Å². The second-order valence-electron chi connectivity index (χ2n) is 5.35. The van der Waals surface area contributed by atoms with Crippen LogP contribution in [0.15, 0.2) is 0 Å². The zero-order valence-electron chi connectivity index (χ0n) is 12.3. The first-order chi connectivity index (χ1) is 9.81. The highest BCUT2D eigenvalue weighted by atomic mass is 32.2. The van der Waals surface area contributed by atoms with Crippen molar-refractivity contribution < 1.29 is 23.1 Å². The monoisotopic (exact) mass is 337 g/mol. The number of hydrogen-bond acceptors (Lipinski definition) is 5. The number of nitrogens with one attached hydrogen (secondary N) is 1. The Morgan fingerprint density at radius 2 is 1.86 bits per heavy atom. The van der Waals surface area contributed by atoms with Gasteiger partial charge >= 0.3 is 5.97 Å². The molecule has 0 radical (unpaired) electrons. The van der Waals surface area contributed by atoms with Crippen LogP contribution >= 0.6 is 11.8 Å². The van der Waals surface area contributed by atoms with Gasteiger partial charge in [0.15, 0.2) is 9.84 Å². The average molecular weight is 337 g/mol. The Bertz CT molecular complexity index is 469. The van der Waals surface area contributed by atoms with Gasteiger partial charge in [-0.15, -0.1) is 0 Å². The van der Waals surface area contributed by atoms with Gasteiger partial charge in [-0.1, -0.05) is 19.8 Å². The molecular weight excluding hydrogens is 314 g/mol. The maximum absolute atomic E-state index is 11.9. The topological polar surface area (TPSA) is 101 Å². The van der Waals surface area contributed by atoms with Gasteiger partial charge in [0, 0.05) is 0 Å². The zero-order valence-corrected chi connectivity index (χ0v) is 13.9. The standard InChI is InChI=1S/C13H23NO5S2/c1-2-3-4-9-21(18,19)10-11(15)14-13(12(16)17)5-7-20-8-6-13/h2-10H2,1H3,(H,14,15)(H,16,17). The van der Waals surface area contributed by atoms with Gasteiger partial charge in [-0.25, -0.2) is 13.2 Å². The first-order valence-electron chi connectivity index (χ1n) is 7.14. The normalized spacial score (nSPS) is 18.1. The van der Waals surface area contributed by atoms with Gasteiger partial charge in [0.25, 0.3) is 0 Å². The average Bonchev–Trinajstić information content (AvgIpc) is 2.38. The van der Waals surface area contributed by atoms with Crippen LogP contribution in [-0.4, -0.2) is 54.0 Å². The van der Waals surface area contributed by atoms with Crippen molar-refractivity contribution in [3.05, 3.63) is 0 Å². The van der Waals surface area contributed by atoms with Crippen LogP contribution < -0.4 is 5.32 Å². The Kier molecular flexibility index (Phi) is 6.99. The van der Waals surface area contributed by atoms with Crippen molar-refractivity contribution >= 4 is 33.5 Å². The van der Waals surface area contributed by atoms with E-state index in [2.05, 4.69) is 5.32 Å². The molecule has 0 unspecified atom stereocenters. The van der Waals surface area contributed by atoms with E-state index in [0.29, 0.717) is 30.8 Å². The van der Waals surface area contributed by atoms with Crippen molar-refractivity contribution in [2.24, 2.45) is 0 Å². The van der Waals surface area contributed by atoms with E-state index in [1.165, 1.54) is 0 Å². The van der Waals surface area contributed by atoms with E-state index in [0.717, 1.165) is 12.8 Å². The molecule has 0 atom stereocenters. The molecule has 0 aromatic carbocycles. The minimum absolute atomic E-state index is 0.0236. The van der Waals surface area contributed by atoms with Crippen LogP contribution in [0.4, 0.5) is 0 Å². The molecule has 21 heavy (non-hydrogen) atoms. The Morgan fingerprint density at radius 1 is 1.24 bits per heavy atom. The molecule has 2 N–H and O–H groups in total. The lowest BCUT2D eigenvalue weighted by Gasteiger charge is -2.33. The smallest absolute Gasteiger partial charge is 0.329 e. The maximum Gasteiger partial charge on any atom is 0.329 e. The van der Waals surface area contributed by atoms with Crippen molar-refractivity contribution in [1.82, 2.24) is 5.32 Å². The minimum Gasteiger partial charge on any atom is -0.480 e. The van der Waals surface area contributed by atoms with Crippen LogP contribution in [0.2, 0.25) is 0 Å². The SMILES string of the molecule is CCCCCS(=O)(=O)CC(=O)NC1(C(=O)O)CCSCC1. The molecule has 0 aromatic heterocycles. The first kappa shape index (κ1) is 18.3. The van der Waals surface area contributed by atoms with Crippen molar-refractivity contribution in [2.75, 3.05) is 23.0 Å². The van der Waals surface area contributed by atoms with Gasteiger partial charge in [0.05, 0.1) is 5.75 Å². The highest BCUT2D eigenvalue weighted by Gasteiger charge is 2.41. The van der Waals surface area contributed by atoms with Crippen molar-refractivity contribution in [3.8, 4) is 0 Å². The van der Waals surface area contributed by atoms with Crippen LogP contribution in [0.3, 0.4) is 0 Å². The van der Waals surface area contributed by atoms with Crippen molar-refractivity contribution in [1.29, 1.82) is 0 Å². The molecule has 0 bridgehead atoms. The number of carbonyl (C=O) groups is 2. The molecule has 0 aliphatic carbocycles. The predicted octanol–water partition coefficient (Wildman–Crippen LogP) is 1.06. The van der Waals surface area contributed by atoms with Crippen LogP contribution in [0, 0.1) is 0 Å². The van der Waals surface area contributed by atoms with E-state index in [4.69, 9.17) is 0 Å². The van der Waals surface area contributed by atoms with E-state index >= 15 is 0 Å². The highest BCUT2D eigenvalue weighted by molar-refractivity contribution is 7.99.